The molecule has 2 aliphatic rings. The highest BCUT2D eigenvalue weighted by molar-refractivity contribution is 9.10. The molecule has 0 bridgehead atoms. The second-order valence-electron chi connectivity index (χ2n) is 8.11. The quantitative estimate of drug-likeness (QED) is 0.400. The van der Waals surface area contributed by atoms with E-state index in [1.54, 1.807) is 0 Å². The third-order valence-electron chi connectivity index (χ3n) is 6.10. The van der Waals surface area contributed by atoms with E-state index in [4.69, 9.17) is 14.5 Å². The third-order valence-corrected chi connectivity index (χ3v) is 6.62. The molecule has 4 aromatic rings. The molecule has 2 aliphatic heterocycles. The van der Waals surface area contributed by atoms with Crippen molar-refractivity contribution < 1.29 is 14.3 Å². The van der Waals surface area contributed by atoms with Crippen molar-refractivity contribution in [3.63, 3.8) is 0 Å². The maximum Gasteiger partial charge on any atom is 0.231 e. The van der Waals surface area contributed by atoms with Gasteiger partial charge in [0.25, 0.3) is 0 Å². The molecule has 0 radical (unpaired) electrons. The van der Waals surface area contributed by atoms with Gasteiger partial charge in [-0.3, -0.25) is 4.79 Å². The standard InChI is InChI=1S/C25H20BrN3O3/c26-18-7-5-16(6-8-18)13-29-21-4-2-1-3-20(21)27-25(29)17-11-24(30)28(14-17)19-9-10-22-23(12-19)32-15-31-22/h1-10,12,17H,11,13-15H2. The number of anilines is 1. The minimum Gasteiger partial charge on any atom is -0.454 e. The van der Waals surface area contributed by atoms with Crippen LogP contribution in [0.25, 0.3) is 11.0 Å². The molecule has 160 valence electrons. The van der Waals surface area contributed by atoms with Crippen molar-refractivity contribution in [1.29, 1.82) is 0 Å². The van der Waals surface area contributed by atoms with Gasteiger partial charge in [0.15, 0.2) is 11.5 Å². The number of carbonyl (C=O) groups excluding carboxylic acids is 1. The predicted octanol–water partition coefficient (Wildman–Crippen LogP) is 5.10. The number of fused-ring (bicyclic) bond motifs is 2. The van der Waals surface area contributed by atoms with Crippen molar-refractivity contribution in [2.45, 2.75) is 18.9 Å². The van der Waals surface area contributed by atoms with Gasteiger partial charge in [-0.15, -0.1) is 0 Å². The zero-order chi connectivity index (χ0) is 21.7. The molecule has 1 fully saturated rings. The van der Waals surface area contributed by atoms with Crippen LogP contribution in [0.1, 0.15) is 23.7 Å². The average molecular weight is 490 g/mol. The predicted molar refractivity (Wildman–Crippen MR) is 125 cm³/mol. The van der Waals surface area contributed by atoms with Gasteiger partial charge in [0.05, 0.1) is 11.0 Å². The Hall–Kier alpha value is -3.32. The van der Waals surface area contributed by atoms with Crippen molar-refractivity contribution >= 4 is 38.6 Å². The second kappa shape index (κ2) is 7.67. The molecule has 1 saturated heterocycles. The number of benzene rings is 3. The Morgan fingerprint density at radius 1 is 1.00 bits per heavy atom. The van der Waals surface area contributed by atoms with Gasteiger partial charge in [-0.05, 0) is 42.0 Å². The van der Waals surface area contributed by atoms with Crippen LogP contribution in [-0.4, -0.2) is 28.8 Å². The molecular formula is C25H20BrN3O3. The highest BCUT2D eigenvalue weighted by Crippen LogP contribution is 2.39. The van der Waals surface area contributed by atoms with Crippen molar-refractivity contribution in [2.75, 3.05) is 18.2 Å². The molecule has 1 aromatic heterocycles. The summed E-state index contributed by atoms with van der Waals surface area (Å²) in [6, 6.07) is 22.1. The van der Waals surface area contributed by atoms with Crippen LogP contribution < -0.4 is 14.4 Å². The Balaban J connectivity index is 1.35. The highest BCUT2D eigenvalue weighted by atomic mass is 79.9. The third kappa shape index (κ3) is 3.33. The van der Waals surface area contributed by atoms with E-state index in [9.17, 15) is 4.79 Å². The number of para-hydroxylation sites is 2. The Morgan fingerprint density at radius 2 is 1.81 bits per heavy atom. The molecule has 0 aliphatic carbocycles. The molecule has 3 aromatic carbocycles. The van der Waals surface area contributed by atoms with Crippen LogP contribution in [0.3, 0.4) is 0 Å². The summed E-state index contributed by atoms with van der Waals surface area (Å²) >= 11 is 3.51. The maximum atomic E-state index is 13.0. The lowest BCUT2D eigenvalue weighted by Crippen LogP contribution is -2.24. The Morgan fingerprint density at radius 3 is 2.69 bits per heavy atom. The number of amides is 1. The molecule has 0 saturated carbocycles. The second-order valence-corrected chi connectivity index (χ2v) is 9.03. The monoisotopic (exact) mass is 489 g/mol. The van der Waals surface area contributed by atoms with Crippen molar-refractivity contribution in [3.8, 4) is 11.5 Å². The topological polar surface area (TPSA) is 56.6 Å². The molecule has 3 heterocycles. The lowest BCUT2D eigenvalue weighted by Gasteiger charge is -2.18. The summed E-state index contributed by atoms with van der Waals surface area (Å²) in [5.41, 5.74) is 4.06. The summed E-state index contributed by atoms with van der Waals surface area (Å²) < 4.78 is 14.2. The summed E-state index contributed by atoms with van der Waals surface area (Å²) in [5, 5.41) is 0. The normalized spacial score (nSPS) is 17.5. The summed E-state index contributed by atoms with van der Waals surface area (Å²) in [7, 11) is 0. The van der Waals surface area contributed by atoms with E-state index in [2.05, 4.69) is 50.8 Å². The minimum absolute atomic E-state index is 0.00997. The van der Waals surface area contributed by atoms with Crippen molar-refractivity contribution in [2.24, 2.45) is 0 Å². The molecule has 7 heteroatoms. The van der Waals surface area contributed by atoms with E-state index >= 15 is 0 Å². The number of aromatic nitrogens is 2. The van der Waals surface area contributed by atoms with Crippen LogP contribution in [0, 0.1) is 0 Å². The molecular weight excluding hydrogens is 470 g/mol. The SMILES string of the molecule is O=C1CC(c2nc3ccccc3n2Cc2ccc(Br)cc2)CN1c1ccc2c(c1)OCO2. The lowest BCUT2D eigenvalue weighted by atomic mass is 10.1. The van der Waals surface area contributed by atoms with Gasteiger partial charge in [-0.25, -0.2) is 4.98 Å². The fourth-order valence-electron chi connectivity index (χ4n) is 4.53. The van der Waals surface area contributed by atoms with E-state index in [0.29, 0.717) is 31.0 Å². The van der Waals surface area contributed by atoms with E-state index in [1.165, 1.54) is 5.56 Å². The smallest absolute Gasteiger partial charge is 0.231 e. The first-order chi connectivity index (χ1) is 15.7. The number of imidazole rings is 1. The molecule has 6 nitrogen and oxygen atoms in total. The van der Waals surface area contributed by atoms with Crippen LogP contribution in [0.15, 0.2) is 71.2 Å². The molecule has 32 heavy (non-hydrogen) atoms. The Labute approximate surface area is 193 Å². The molecule has 1 amide bonds. The van der Waals surface area contributed by atoms with E-state index < -0.39 is 0 Å². The van der Waals surface area contributed by atoms with Gasteiger partial charge in [0, 0.05) is 41.7 Å². The molecule has 0 N–H and O–H groups in total. The summed E-state index contributed by atoms with van der Waals surface area (Å²) in [6.07, 6.45) is 0.429. The number of ether oxygens (including phenoxy) is 2. The fraction of sp³-hybridized carbons (Fsp3) is 0.200. The fourth-order valence-corrected chi connectivity index (χ4v) is 4.79. The zero-order valence-electron chi connectivity index (χ0n) is 17.2. The first-order valence-electron chi connectivity index (χ1n) is 10.6. The van der Waals surface area contributed by atoms with E-state index in [-0.39, 0.29) is 18.6 Å². The number of carbonyl (C=O) groups is 1. The Kier molecular flexibility index (Phi) is 4.64. The summed E-state index contributed by atoms with van der Waals surface area (Å²) in [4.78, 5) is 19.8. The highest BCUT2D eigenvalue weighted by Gasteiger charge is 2.35. The molecule has 1 atom stereocenters. The Bertz CT molecular complexity index is 1330. The number of halogens is 1. The summed E-state index contributed by atoms with van der Waals surface area (Å²) in [6.45, 7) is 1.51. The number of nitrogens with zero attached hydrogens (tertiary/aromatic N) is 3. The molecule has 1 unspecified atom stereocenters. The van der Waals surface area contributed by atoms with E-state index in [1.807, 2.05) is 41.3 Å². The zero-order valence-corrected chi connectivity index (χ0v) is 18.8. The first kappa shape index (κ1) is 19.4. The van der Waals surface area contributed by atoms with Gasteiger partial charge in [0.2, 0.25) is 12.7 Å². The first-order valence-corrected chi connectivity index (χ1v) is 11.3. The largest absolute Gasteiger partial charge is 0.454 e. The van der Waals surface area contributed by atoms with Gasteiger partial charge < -0.3 is 18.9 Å². The van der Waals surface area contributed by atoms with Crippen LogP contribution in [-0.2, 0) is 11.3 Å². The van der Waals surface area contributed by atoms with Crippen molar-refractivity contribution in [1.82, 2.24) is 9.55 Å². The van der Waals surface area contributed by atoms with Crippen LogP contribution >= 0.6 is 15.9 Å². The average Bonchev–Trinajstić information content (AvgIpc) is 3.52. The summed E-state index contributed by atoms with van der Waals surface area (Å²) in [5.74, 6) is 2.45. The van der Waals surface area contributed by atoms with Crippen LogP contribution in [0.5, 0.6) is 11.5 Å². The van der Waals surface area contributed by atoms with Gasteiger partial charge in [-0.2, -0.15) is 0 Å². The number of hydrogen-bond donors (Lipinski definition) is 0. The van der Waals surface area contributed by atoms with Gasteiger partial charge in [0.1, 0.15) is 5.82 Å². The number of hydrogen-bond acceptors (Lipinski definition) is 4. The minimum atomic E-state index is 0.00997. The van der Waals surface area contributed by atoms with Crippen LogP contribution in [0.4, 0.5) is 5.69 Å². The lowest BCUT2D eigenvalue weighted by molar-refractivity contribution is -0.117. The number of rotatable bonds is 4. The van der Waals surface area contributed by atoms with E-state index in [0.717, 1.165) is 27.0 Å². The maximum absolute atomic E-state index is 13.0. The molecule has 6 rings (SSSR count). The van der Waals surface area contributed by atoms with Crippen molar-refractivity contribution in [3.05, 3.63) is 82.6 Å². The van der Waals surface area contributed by atoms with Gasteiger partial charge >= 0.3 is 0 Å². The van der Waals surface area contributed by atoms with Crippen LogP contribution in [0.2, 0.25) is 0 Å². The van der Waals surface area contributed by atoms with Gasteiger partial charge in [-0.1, -0.05) is 40.2 Å². The molecule has 0 spiro atoms.